The predicted octanol–water partition coefficient (Wildman–Crippen LogP) is 3.33. The van der Waals surface area contributed by atoms with Gasteiger partial charge in [-0.05, 0) is 30.3 Å². The van der Waals surface area contributed by atoms with Gasteiger partial charge in [-0.2, -0.15) is 5.26 Å². The molecule has 0 unspecified atom stereocenters. The zero-order valence-electron chi connectivity index (χ0n) is 14.0. The molecule has 26 heavy (non-hydrogen) atoms. The monoisotopic (exact) mass is 348 g/mol. The van der Waals surface area contributed by atoms with Crippen LogP contribution < -0.4 is 9.47 Å². The van der Waals surface area contributed by atoms with Crippen molar-refractivity contribution in [3.63, 3.8) is 0 Å². The molecular weight excluding hydrogens is 332 g/mol. The van der Waals surface area contributed by atoms with Crippen LogP contribution in [0, 0.1) is 11.3 Å². The third-order valence-electron chi connectivity index (χ3n) is 4.22. The van der Waals surface area contributed by atoms with E-state index in [2.05, 4.69) is 6.07 Å². The summed E-state index contributed by atoms with van der Waals surface area (Å²) in [5, 5.41) is 9.41. The van der Waals surface area contributed by atoms with E-state index in [9.17, 15) is 10.1 Å². The van der Waals surface area contributed by atoms with Gasteiger partial charge in [-0.25, -0.2) is 4.79 Å². The maximum Gasteiger partial charge on any atom is 0.338 e. The summed E-state index contributed by atoms with van der Waals surface area (Å²) in [5.41, 5.74) is 2.35. The van der Waals surface area contributed by atoms with Gasteiger partial charge in [-0.1, -0.05) is 6.07 Å². The van der Waals surface area contributed by atoms with E-state index >= 15 is 0 Å². The number of nitriles is 1. The molecule has 0 saturated carbocycles. The SMILES string of the molecule is N#Cc1c(COC(=O)c2ccc3c(c2)OCCCO3)cn2ccccc12. The molecule has 0 bridgehead atoms. The second-order valence-electron chi connectivity index (χ2n) is 5.92. The Morgan fingerprint density at radius 3 is 2.88 bits per heavy atom. The molecule has 0 amide bonds. The largest absolute Gasteiger partial charge is 0.490 e. The van der Waals surface area contributed by atoms with E-state index in [0.29, 0.717) is 41.4 Å². The smallest absolute Gasteiger partial charge is 0.338 e. The lowest BCUT2D eigenvalue weighted by Gasteiger charge is -2.09. The van der Waals surface area contributed by atoms with Crippen LogP contribution >= 0.6 is 0 Å². The van der Waals surface area contributed by atoms with Crippen LogP contribution in [0.2, 0.25) is 0 Å². The number of ether oxygens (including phenoxy) is 3. The van der Waals surface area contributed by atoms with E-state index in [1.165, 1.54) is 0 Å². The molecule has 0 fully saturated rings. The quantitative estimate of drug-likeness (QED) is 0.679. The zero-order chi connectivity index (χ0) is 17.9. The van der Waals surface area contributed by atoms with Gasteiger partial charge in [0.15, 0.2) is 11.5 Å². The highest BCUT2D eigenvalue weighted by Gasteiger charge is 2.17. The predicted molar refractivity (Wildman–Crippen MR) is 93.3 cm³/mol. The minimum Gasteiger partial charge on any atom is -0.490 e. The molecule has 0 N–H and O–H groups in total. The van der Waals surface area contributed by atoms with Crippen LogP contribution in [0.15, 0.2) is 48.8 Å². The lowest BCUT2D eigenvalue weighted by atomic mass is 10.2. The first-order chi connectivity index (χ1) is 12.8. The van der Waals surface area contributed by atoms with Crippen molar-refractivity contribution >= 4 is 11.5 Å². The molecule has 6 heteroatoms. The average molecular weight is 348 g/mol. The molecule has 0 aliphatic carbocycles. The second kappa shape index (κ2) is 6.81. The Labute approximate surface area is 150 Å². The van der Waals surface area contributed by atoms with E-state index in [1.54, 1.807) is 24.4 Å². The maximum absolute atomic E-state index is 12.4. The molecule has 2 aromatic heterocycles. The average Bonchev–Trinajstić information content (AvgIpc) is 2.86. The van der Waals surface area contributed by atoms with Crippen LogP contribution in [0.1, 0.15) is 27.9 Å². The van der Waals surface area contributed by atoms with Crippen molar-refractivity contribution < 1.29 is 19.0 Å². The summed E-state index contributed by atoms with van der Waals surface area (Å²) in [6.45, 7) is 1.17. The third kappa shape index (κ3) is 2.95. The summed E-state index contributed by atoms with van der Waals surface area (Å²) in [6, 6.07) is 12.8. The van der Waals surface area contributed by atoms with Gasteiger partial charge in [-0.15, -0.1) is 0 Å². The summed E-state index contributed by atoms with van der Waals surface area (Å²) in [6.07, 6.45) is 4.45. The highest BCUT2D eigenvalue weighted by Crippen LogP contribution is 2.30. The molecule has 4 rings (SSSR count). The Hall–Kier alpha value is -3.46. The first-order valence-corrected chi connectivity index (χ1v) is 8.32. The number of hydrogen-bond acceptors (Lipinski definition) is 5. The fourth-order valence-corrected chi connectivity index (χ4v) is 2.93. The Balaban J connectivity index is 1.53. The molecule has 0 saturated heterocycles. The van der Waals surface area contributed by atoms with Crippen LogP contribution in [-0.4, -0.2) is 23.6 Å². The van der Waals surface area contributed by atoms with Crippen LogP contribution in [0.4, 0.5) is 0 Å². The summed E-state index contributed by atoms with van der Waals surface area (Å²) >= 11 is 0. The van der Waals surface area contributed by atoms with E-state index in [-0.39, 0.29) is 6.61 Å². The fourth-order valence-electron chi connectivity index (χ4n) is 2.93. The normalized spacial score (nSPS) is 13.0. The Morgan fingerprint density at radius 1 is 1.19 bits per heavy atom. The van der Waals surface area contributed by atoms with Crippen LogP contribution in [0.5, 0.6) is 11.5 Å². The number of esters is 1. The topological polar surface area (TPSA) is 73.0 Å². The minimum atomic E-state index is -0.472. The molecule has 0 radical (unpaired) electrons. The van der Waals surface area contributed by atoms with Crippen molar-refractivity contribution in [3.8, 4) is 17.6 Å². The Morgan fingerprint density at radius 2 is 2.04 bits per heavy atom. The molecule has 0 atom stereocenters. The first kappa shape index (κ1) is 16.0. The molecule has 130 valence electrons. The van der Waals surface area contributed by atoms with E-state index in [1.807, 2.05) is 28.8 Å². The van der Waals surface area contributed by atoms with Gasteiger partial charge in [0.2, 0.25) is 0 Å². The van der Waals surface area contributed by atoms with Crippen molar-refractivity contribution in [1.29, 1.82) is 5.26 Å². The Bertz CT molecular complexity index is 1020. The van der Waals surface area contributed by atoms with Gasteiger partial charge < -0.3 is 18.6 Å². The number of nitrogens with zero attached hydrogens (tertiary/aromatic N) is 2. The zero-order valence-corrected chi connectivity index (χ0v) is 14.0. The number of carbonyl (C=O) groups excluding carboxylic acids is 1. The maximum atomic E-state index is 12.4. The van der Waals surface area contributed by atoms with Crippen LogP contribution in [0.25, 0.3) is 5.52 Å². The van der Waals surface area contributed by atoms with Crippen molar-refractivity contribution in [2.24, 2.45) is 0 Å². The highest BCUT2D eigenvalue weighted by molar-refractivity contribution is 5.90. The third-order valence-corrected chi connectivity index (χ3v) is 4.22. The number of fused-ring (bicyclic) bond motifs is 2. The number of aromatic nitrogens is 1. The van der Waals surface area contributed by atoms with Gasteiger partial charge >= 0.3 is 5.97 Å². The summed E-state index contributed by atoms with van der Waals surface area (Å²) in [4.78, 5) is 12.4. The van der Waals surface area contributed by atoms with E-state index < -0.39 is 5.97 Å². The second-order valence-corrected chi connectivity index (χ2v) is 5.92. The van der Waals surface area contributed by atoms with Gasteiger partial charge in [0.1, 0.15) is 12.7 Å². The Kier molecular flexibility index (Phi) is 4.20. The van der Waals surface area contributed by atoms with Gasteiger partial charge in [0.25, 0.3) is 0 Å². The molecule has 0 spiro atoms. The molecule has 3 aromatic rings. The number of carbonyl (C=O) groups is 1. The first-order valence-electron chi connectivity index (χ1n) is 8.32. The molecule has 1 aliphatic rings. The molecule has 1 aliphatic heterocycles. The number of rotatable bonds is 3. The summed E-state index contributed by atoms with van der Waals surface area (Å²) in [5.74, 6) is 0.702. The van der Waals surface area contributed by atoms with Gasteiger partial charge in [-0.3, -0.25) is 0 Å². The molecular formula is C20H16N2O4. The fraction of sp³-hybridized carbons (Fsp3) is 0.200. The van der Waals surface area contributed by atoms with Crippen LogP contribution in [-0.2, 0) is 11.3 Å². The van der Waals surface area contributed by atoms with E-state index in [0.717, 1.165) is 11.9 Å². The van der Waals surface area contributed by atoms with Gasteiger partial charge in [0, 0.05) is 24.4 Å². The van der Waals surface area contributed by atoms with Crippen molar-refractivity contribution in [1.82, 2.24) is 4.40 Å². The number of pyridine rings is 1. The lowest BCUT2D eigenvalue weighted by molar-refractivity contribution is 0.0472. The van der Waals surface area contributed by atoms with Crippen LogP contribution in [0.3, 0.4) is 0 Å². The number of hydrogen-bond donors (Lipinski definition) is 0. The highest BCUT2D eigenvalue weighted by atomic mass is 16.5. The standard InChI is InChI=1S/C20H16N2O4/c21-11-16-15(12-22-7-2-1-4-17(16)22)13-26-20(23)14-5-6-18-19(10-14)25-9-3-8-24-18/h1-2,4-7,10,12H,3,8-9,13H2. The summed E-state index contributed by atoms with van der Waals surface area (Å²) < 4.78 is 18.4. The van der Waals surface area contributed by atoms with Crippen molar-refractivity contribution in [2.45, 2.75) is 13.0 Å². The van der Waals surface area contributed by atoms with Gasteiger partial charge in [0.05, 0.1) is 29.9 Å². The van der Waals surface area contributed by atoms with Crippen molar-refractivity contribution in [3.05, 3.63) is 65.5 Å². The molecule has 6 nitrogen and oxygen atoms in total. The molecule has 3 heterocycles. The molecule has 1 aromatic carbocycles. The van der Waals surface area contributed by atoms with Crippen molar-refractivity contribution in [2.75, 3.05) is 13.2 Å². The lowest BCUT2D eigenvalue weighted by Crippen LogP contribution is -2.06. The summed E-state index contributed by atoms with van der Waals surface area (Å²) in [7, 11) is 0. The number of benzene rings is 1. The minimum absolute atomic E-state index is 0.0256. The van der Waals surface area contributed by atoms with E-state index in [4.69, 9.17) is 14.2 Å².